The van der Waals surface area contributed by atoms with E-state index >= 15 is 0 Å². The molecule has 0 bridgehead atoms. The van der Waals surface area contributed by atoms with Crippen LogP contribution >= 0.6 is 0 Å². The molecule has 170 valence electrons. The van der Waals surface area contributed by atoms with Crippen molar-refractivity contribution in [3.8, 4) is 16.9 Å². The highest BCUT2D eigenvalue weighted by atomic mass is 16.5. The van der Waals surface area contributed by atoms with Crippen LogP contribution in [0.5, 0.6) is 5.75 Å². The van der Waals surface area contributed by atoms with Crippen LogP contribution in [0.15, 0.2) is 42.5 Å². The Bertz CT molecular complexity index is 1320. The van der Waals surface area contributed by atoms with Crippen molar-refractivity contribution in [1.29, 1.82) is 0 Å². The highest BCUT2D eigenvalue weighted by Gasteiger charge is 2.27. The van der Waals surface area contributed by atoms with Crippen LogP contribution in [0.25, 0.3) is 16.8 Å². The highest BCUT2D eigenvalue weighted by Crippen LogP contribution is 2.38. The molecule has 1 aliphatic rings. The lowest BCUT2D eigenvalue weighted by atomic mass is 10.0. The van der Waals surface area contributed by atoms with Crippen LogP contribution in [0, 0.1) is 20.8 Å². The van der Waals surface area contributed by atoms with Gasteiger partial charge in [0.1, 0.15) is 11.6 Å². The van der Waals surface area contributed by atoms with Crippen LogP contribution in [0.1, 0.15) is 47.0 Å². The van der Waals surface area contributed by atoms with Gasteiger partial charge in [0.2, 0.25) is 0 Å². The van der Waals surface area contributed by atoms with Crippen molar-refractivity contribution in [3.63, 3.8) is 0 Å². The van der Waals surface area contributed by atoms with E-state index in [4.69, 9.17) is 14.8 Å². The zero-order chi connectivity index (χ0) is 23.1. The largest absolute Gasteiger partial charge is 0.497 e. The van der Waals surface area contributed by atoms with Gasteiger partial charge in [-0.1, -0.05) is 35.9 Å². The van der Waals surface area contributed by atoms with Crippen molar-refractivity contribution in [1.82, 2.24) is 14.6 Å². The Morgan fingerprint density at radius 3 is 2.52 bits per heavy atom. The fourth-order valence-electron chi connectivity index (χ4n) is 5.05. The molecule has 0 spiro atoms. The third-order valence-corrected chi connectivity index (χ3v) is 6.81. The van der Waals surface area contributed by atoms with Crippen molar-refractivity contribution in [3.05, 3.63) is 76.1 Å². The lowest BCUT2D eigenvalue weighted by Gasteiger charge is -2.26. The van der Waals surface area contributed by atoms with E-state index in [0.29, 0.717) is 0 Å². The number of rotatable bonds is 6. The molecule has 5 nitrogen and oxygen atoms in total. The quantitative estimate of drug-likeness (QED) is 0.377. The molecular weight excluding hydrogens is 408 g/mol. The number of hydrogen-bond donors (Lipinski definition) is 0. The molecule has 0 radical (unpaired) electrons. The van der Waals surface area contributed by atoms with Crippen molar-refractivity contribution >= 4 is 11.5 Å². The van der Waals surface area contributed by atoms with E-state index in [0.717, 1.165) is 55.0 Å². The normalized spacial score (nSPS) is 12.9. The first-order valence-electron chi connectivity index (χ1n) is 11.9. The van der Waals surface area contributed by atoms with Gasteiger partial charge in [0, 0.05) is 29.9 Å². The maximum Gasteiger partial charge on any atom is 0.165 e. The Morgan fingerprint density at radius 2 is 1.82 bits per heavy atom. The number of fused-ring (bicyclic) bond motifs is 2. The Kier molecular flexibility index (Phi) is 5.57. The molecule has 5 rings (SSSR count). The third-order valence-electron chi connectivity index (χ3n) is 6.81. The minimum atomic E-state index is 0.859. The second kappa shape index (κ2) is 8.54. The summed E-state index contributed by atoms with van der Waals surface area (Å²) in [6.45, 7) is 10.4. The van der Waals surface area contributed by atoms with Crippen molar-refractivity contribution in [2.75, 3.05) is 18.6 Å². The van der Waals surface area contributed by atoms with Gasteiger partial charge in [-0.2, -0.15) is 9.61 Å². The summed E-state index contributed by atoms with van der Waals surface area (Å²) < 4.78 is 7.54. The van der Waals surface area contributed by atoms with Crippen molar-refractivity contribution < 1.29 is 4.74 Å². The summed E-state index contributed by atoms with van der Waals surface area (Å²) in [6, 6.07) is 15.1. The van der Waals surface area contributed by atoms with Gasteiger partial charge >= 0.3 is 0 Å². The predicted molar refractivity (Wildman–Crippen MR) is 134 cm³/mol. The molecule has 0 amide bonds. The molecule has 2 aromatic carbocycles. The van der Waals surface area contributed by atoms with Crippen molar-refractivity contribution in [2.24, 2.45) is 0 Å². The lowest BCUT2D eigenvalue weighted by Crippen LogP contribution is -2.26. The van der Waals surface area contributed by atoms with Gasteiger partial charge in [-0.15, -0.1) is 0 Å². The number of methoxy groups -OCH3 is 1. The summed E-state index contributed by atoms with van der Waals surface area (Å²) in [5.74, 6) is 2.08. The Hall–Kier alpha value is -3.34. The smallest absolute Gasteiger partial charge is 0.165 e. The first-order chi connectivity index (χ1) is 16.0. The Morgan fingerprint density at radius 1 is 1.03 bits per heavy atom. The molecule has 0 saturated carbocycles. The molecule has 4 aromatic rings. The molecule has 33 heavy (non-hydrogen) atoms. The van der Waals surface area contributed by atoms with Gasteiger partial charge in [0.15, 0.2) is 5.65 Å². The van der Waals surface area contributed by atoms with E-state index in [1.54, 1.807) is 7.11 Å². The molecule has 0 aliphatic heterocycles. The van der Waals surface area contributed by atoms with Gasteiger partial charge in [-0.25, -0.2) is 4.98 Å². The van der Waals surface area contributed by atoms with E-state index in [1.807, 2.05) is 6.07 Å². The van der Waals surface area contributed by atoms with Crippen molar-refractivity contribution in [2.45, 2.75) is 53.5 Å². The topological polar surface area (TPSA) is 42.7 Å². The molecule has 5 heteroatoms. The third kappa shape index (κ3) is 3.75. The minimum absolute atomic E-state index is 0.859. The summed E-state index contributed by atoms with van der Waals surface area (Å²) in [7, 11) is 1.71. The molecule has 2 aromatic heterocycles. The molecular formula is C28H32N4O. The standard InChI is InChI=1S/C28H32N4O/c1-6-31(17-21-12-10-18(2)11-13-21)28-24-8-7-9-25(24)29-27-26(20(4)30-32(27)28)23-15-14-22(33-5)16-19(23)3/h10-16H,6-9,17H2,1-5H3. The Labute approximate surface area is 196 Å². The average Bonchev–Trinajstić information content (AvgIpc) is 3.41. The molecule has 0 fully saturated rings. The van der Waals surface area contributed by atoms with E-state index in [9.17, 15) is 0 Å². The zero-order valence-electron chi connectivity index (χ0n) is 20.3. The van der Waals surface area contributed by atoms with Gasteiger partial charge in [0.25, 0.3) is 0 Å². The number of hydrogen-bond acceptors (Lipinski definition) is 4. The van der Waals surface area contributed by atoms with Crippen LogP contribution in [0.2, 0.25) is 0 Å². The first kappa shape index (κ1) is 21.5. The fraction of sp³-hybridized carbons (Fsp3) is 0.357. The first-order valence-corrected chi connectivity index (χ1v) is 11.9. The fourth-order valence-corrected chi connectivity index (χ4v) is 5.05. The molecule has 0 saturated heterocycles. The van der Waals surface area contributed by atoms with Gasteiger partial charge in [-0.05, 0) is 75.8 Å². The Balaban J connectivity index is 1.69. The van der Waals surface area contributed by atoms with Gasteiger partial charge < -0.3 is 9.64 Å². The molecule has 0 N–H and O–H groups in total. The second-order valence-electron chi connectivity index (χ2n) is 9.09. The van der Waals surface area contributed by atoms with Crippen LogP contribution < -0.4 is 9.64 Å². The maximum absolute atomic E-state index is 5.43. The van der Waals surface area contributed by atoms with Crippen LogP contribution in [-0.4, -0.2) is 28.3 Å². The van der Waals surface area contributed by atoms with Gasteiger partial charge in [0.05, 0.1) is 12.8 Å². The number of anilines is 1. The molecule has 1 aliphatic carbocycles. The summed E-state index contributed by atoms with van der Waals surface area (Å²) in [4.78, 5) is 7.63. The SMILES string of the molecule is CCN(Cc1ccc(C)cc1)c1c2c(nc3c(-c4ccc(OC)cc4C)c(C)nn13)CCC2. The summed E-state index contributed by atoms with van der Waals surface area (Å²) in [5, 5.41) is 5.06. The average molecular weight is 441 g/mol. The number of aryl methyl sites for hydroxylation is 4. The van der Waals surface area contributed by atoms with Crippen LogP contribution in [0.4, 0.5) is 5.82 Å². The minimum Gasteiger partial charge on any atom is -0.497 e. The number of benzene rings is 2. The monoisotopic (exact) mass is 440 g/mol. The molecule has 0 unspecified atom stereocenters. The number of aromatic nitrogens is 3. The summed E-state index contributed by atoms with van der Waals surface area (Å²) in [5.41, 5.74) is 10.6. The van der Waals surface area contributed by atoms with Crippen LogP contribution in [0.3, 0.4) is 0 Å². The lowest BCUT2D eigenvalue weighted by molar-refractivity contribution is 0.414. The van der Waals surface area contributed by atoms with E-state index < -0.39 is 0 Å². The van der Waals surface area contributed by atoms with E-state index in [1.165, 1.54) is 39.3 Å². The molecule has 0 atom stereocenters. The van der Waals surface area contributed by atoms with Crippen LogP contribution in [-0.2, 0) is 19.4 Å². The number of nitrogens with zero attached hydrogens (tertiary/aromatic N) is 4. The summed E-state index contributed by atoms with van der Waals surface area (Å²) >= 11 is 0. The number of ether oxygens (including phenoxy) is 1. The van der Waals surface area contributed by atoms with E-state index in [-0.39, 0.29) is 0 Å². The molecule has 2 heterocycles. The summed E-state index contributed by atoms with van der Waals surface area (Å²) in [6.07, 6.45) is 3.25. The second-order valence-corrected chi connectivity index (χ2v) is 9.09. The highest BCUT2D eigenvalue weighted by molar-refractivity contribution is 5.83. The van der Waals surface area contributed by atoms with E-state index in [2.05, 4.69) is 73.5 Å². The van der Waals surface area contributed by atoms with Gasteiger partial charge in [-0.3, -0.25) is 0 Å². The zero-order valence-corrected chi connectivity index (χ0v) is 20.3. The maximum atomic E-state index is 5.43. The predicted octanol–water partition coefficient (Wildman–Crippen LogP) is 5.85.